The normalized spacial score (nSPS) is 41.8. The van der Waals surface area contributed by atoms with Gasteiger partial charge in [-0.1, -0.05) is 27.2 Å². The number of nitrogens with zero attached hydrogens (tertiary/aromatic N) is 1. The third-order valence-corrected chi connectivity index (χ3v) is 5.71. The van der Waals surface area contributed by atoms with Crippen molar-refractivity contribution in [3.63, 3.8) is 0 Å². The van der Waals surface area contributed by atoms with Gasteiger partial charge in [0.25, 0.3) is 0 Å². The zero-order valence-corrected chi connectivity index (χ0v) is 13.0. The van der Waals surface area contributed by atoms with Crippen molar-refractivity contribution >= 4 is 0 Å². The van der Waals surface area contributed by atoms with Gasteiger partial charge in [0.15, 0.2) is 0 Å². The minimum Gasteiger partial charge on any atom is -0.315 e. The van der Waals surface area contributed by atoms with E-state index in [9.17, 15) is 0 Å². The summed E-state index contributed by atoms with van der Waals surface area (Å²) in [5, 5.41) is 3.64. The molecule has 4 atom stereocenters. The topological polar surface area (TPSA) is 15.3 Å². The van der Waals surface area contributed by atoms with Gasteiger partial charge in [0.05, 0.1) is 0 Å². The molecular weight excluding hydrogens is 220 g/mol. The fourth-order valence-corrected chi connectivity index (χ4v) is 4.39. The molecule has 2 fully saturated rings. The van der Waals surface area contributed by atoms with Crippen LogP contribution in [0.15, 0.2) is 0 Å². The van der Waals surface area contributed by atoms with E-state index in [1.165, 1.54) is 38.6 Å². The second-order valence-electron chi connectivity index (χ2n) is 7.31. The first-order chi connectivity index (χ1) is 8.47. The van der Waals surface area contributed by atoms with Crippen molar-refractivity contribution < 1.29 is 0 Å². The van der Waals surface area contributed by atoms with Crippen molar-refractivity contribution in [1.82, 2.24) is 10.2 Å². The minimum absolute atomic E-state index is 0.443. The van der Waals surface area contributed by atoms with Crippen LogP contribution in [0.2, 0.25) is 0 Å². The van der Waals surface area contributed by atoms with Crippen LogP contribution in [0.3, 0.4) is 0 Å². The SMILES string of the molecule is CNC1C(N2CCCC(C)C2C)CCCC1(C)C. The fraction of sp³-hybridized carbons (Fsp3) is 1.00. The van der Waals surface area contributed by atoms with Crippen molar-refractivity contribution in [2.24, 2.45) is 11.3 Å². The standard InChI is InChI=1S/C16H32N2/c1-12-8-7-11-18(13(12)2)14-9-6-10-16(3,4)15(14)17-5/h12-15,17H,6-11H2,1-5H3. The zero-order chi connectivity index (χ0) is 13.3. The minimum atomic E-state index is 0.443. The van der Waals surface area contributed by atoms with Crippen molar-refractivity contribution in [3.05, 3.63) is 0 Å². The Bertz CT molecular complexity index is 274. The van der Waals surface area contributed by atoms with Gasteiger partial charge in [-0.3, -0.25) is 4.90 Å². The van der Waals surface area contributed by atoms with E-state index in [-0.39, 0.29) is 0 Å². The van der Waals surface area contributed by atoms with Crippen molar-refractivity contribution in [2.75, 3.05) is 13.6 Å². The lowest BCUT2D eigenvalue weighted by Gasteiger charge is -2.52. The van der Waals surface area contributed by atoms with E-state index in [1.54, 1.807) is 0 Å². The molecule has 0 spiro atoms. The van der Waals surface area contributed by atoms with Crippen LogP contribution < -0.4 is 5.32 Å². The summed E-state index contributed by atoms with van der Waals surface area (Å²) in [6.45, 7) is 11.1. The molecule has 0 aromatic heterocycles. The lowest BCUT2D eigenvalue weighted by Crippen LogP contribution is -2.61. The molecule has 18 heavy (non-hydrogen) atoms. The molecule has 1 saturated carbocycles. The Morgan fingerprint density at radius 2 is 1.83 bits per heavy atom. The average Bonchev–Trinajstić information content (AvgIpc) is 2.31. The van der Waals surface area contributed by atoms with Gasteiger partial charge in [-0.15, -0.1) is 0 Å². The molecule has 0 amide bonds. The molecule has 1 aliphatic heterocycles. The molecule has 106 valence electrons. The summed E-state index contributed by atoms with van der Waals surface area (Å²) in [7, 11) is 2.16. The third-order valence-electron chi connectivity index (χ3n) is 5.71. The highest BCUT2D eigenvalue weighted by Crippen LogP contribution is 2.39. The third kappa shape index (κ3) is 2.60. The van der Waals surface area contributed by atoms with Gasteiger partial charge in [0.2, 0.25) is 0 Å². The van der Waals surface area contributed by atoms with Gasteiger partial charge in [-0.05, 0) is 57.5 Å². The van der Waals surface area contributed by atoms with Gasteiger partial charge in [-0.25, -0.2) is 0 Å². The van der Waals surface area contributed by atoms with Gasteiger partial charge >= 0.3 is 0 Å². The number of hydrogen-bond acceptors (Lipinski definition) is 2. The smallest absolute Gasteiger partial charge is 0.0271 e. The highest BCUT2D eigenvalue weighted by Gasteiger charge is 2.42. The maximum Gasteiger partial charge on any atom is 0.0271 e. The van der Waals surface area contributed by atoms with E-state index >= 15 is 0 Å². The van der Waals surface area contributed by atoms with Crippen LogP contribution in [0, 0.1) is 11.3 Å². The van der Waals surface area contributed by atoms with Crippen LogP contribution >= 0.6 is 0 Å². The monoisotopic (exact) mass is 252 g/mol. The molecule has 1 N–H and O–H groups in total. The average molecular weight is 252 g/mol. The predicted octanol–water partition coefficient (Wildman–Crippen LogP) is 3.27. The summed E-state index contributed by atoms with van der Waals surface area (Å²) in [6.07, 6.45) is 6.95. The Kier molecular flexibility index (Phi) is 4.38. The van der Waals surface area contributed by atoms with Crippen molar-refractivity contribution in [3.8, 4) is 0 Å². The molecule has 0 aromatic rings. The molecule has 2 nitrogen and oxygen atoms in total. The summed E-state index contributed by atoms with van der Waals surface area (Å²) >= 11 is 0. The zero-order valence-electron chi connectivity index (χ0n) is 13.0. The highest BCUT2D eigenvalue weighted by atomic mass is 15.2. The van der Waals surface area contributed by atoms with Crippen molar-refractivity contribution in [1.29, 1.82) is 0 Å². The second kappa shape index (κ2) is 5.50. The number of rotatable bonds is 2. The molecule has 0 aromatic carbocycles. The Hall–Kier alpha value is -0.0800. The van der Waals surface area contributed by atoms with Gasteiger partial charge in [0, 0.05) is 18.1 Å². The first-order valence-corrected chi connectivity index (χ1v) is 7.90. The molecular formula is C16H32N2. The predicted molar refractivity (Wildman–Crippen MR) is 78.8 cm³/mol. The summed E-state index contributed by atoms with van der Waals surface area (Å²) in [5.74, 6) is 0.862. The molecule has 1 saturated heterocycles. The summed E-state index contributed by atoms with van der Waals surface area (Å²) in [5.41, 5.74) is 0.443. The lowest BCUT2D eigenvalue weighted by molar-refractivity contribution is -0.00252. The Labute approximate surface area is 114 Å². The molecule has 2 heteroatoms. The summed E-state index contributed by atoms with van der Waals surface area (Å²) in [4.78, 5) is 2.82. The molecule has 0 bridgehead atoms. The maximum absolute atomic E-state index is 3.64. The van der Waals surface area contributed by atoms with Crippen LogP contribution in [0.4, 0.5) is 0 Å². The van der Waals surface area contributed by atoms with E-state index < -0.39 is 0 Å². The summed E-state index contributed by atoms with van der Waals surface area (Å²) in [6, 6.07) is 2.16. The number of piperidine rings is 1. The molecule has 4 unspecified atom stereocenters. The van der Waals surface area contributed by atoms with Gasteiger partial charge in [0.1, 0.15) is 0 Å². The van der Waals surface area contributed by atoms with Crippen LogP contribution in [0.5, 0.6) is 0 Å². The fourth-order valence-electron chi connectivity index (χ4n) is 4.39. The van der Waals surface area contributed by atoms with Gasteiger partial charge < -0.3 is 5.32 Å². The number of hydrogen-bond donors (Lipinski definition) is 1. The molecule has 0 radical (unpaired) electrons. The van der Waals surface area contributed by atoms with E-state index in [0.717, 1.165) is 18.0 Å². The van der Waals surface area contributed by atoms with E-state index in [2.05, 4.69) is 45.0 Å². The first-order valence-electron chi connectivity index (χ1n) is 7.90. The van der Waals surface area contributed by atoms with Crippen LogP contribution in [-0.4, -0.2) is 36.6 Å². The first kappa shape index (κ1) is 14.3. The van der Waals surface area contributed by atoms with Crippen LogP contribution in [0.1, 0.15) is 59.8 Å². The number of nitrogens with one attached hydrogen (secondary N) is 1. The van der Waals surface area contributed by atoms with Crippen molar-refractivity contribution in [2.45, 2.75) is 77.9 Å². The molecule has 1 heterocycles. The summed E-state index contributed by atoms with van der Waals surface area (Å²) < 4.78 is 0. The van der Waals surface area contributed by atoms with Crippen LogP contribution in [-0.2, 0) is 0 Å². The van der Waals surface area contributed by atoms with Gasteiger partial charge in [-0.2, -0.15) is 0 Å². The molecule has 2 rings (SSSR count). The Morgan fingerprint density at radius 3 is 2.50 bits per heavy atom. The van der Waals surface area contributed by atoms with E-state index in [0.29, 0.717) is 11.5 Å². The van der Waals surface area contributed by atoms with E-state index in [4.69, 9.17) is 0 Å². The maximum atomic E-state index is 3.64. The number of likely N-dealkylation sites (tertiary alicyclic amines) is 1. The van der Waals surface area contributed by atoms with E-state index in [1.807, 2.05) is 0 Å². The lowest BCUT2D eigenvalue weighted by atomic mass is 9.69. The van der Waals surface area contributed by atoms with Crippen LogP contribution in [0.25, 0.3) is 0 Å². The highest BCUT2D eigenvalue weighted by molar-refractivity contribution is 4.99. The molecule has 1 aliphatic carbocycles. The quantitative estimate of drug-likeness (QED) is 0.811. The number of likely N-dealkylation sites (N-methyl/N-ethyl adjacent to an activating group) is 1. The second-order valence-corrected chi connectivity index (χ2v) is 7.31. The largest absolute Gasteiger partial charge is 0.315 e. The Morgan fingerprint density at radius 1 is 1.11 bits per heavy atom. The molecule has 2 aliphatic rings. The Balaban J connectivity index is 2.14.